The first-order valence-corrected chi connectivity index (χ1v) is 5.13. The Bertz CT molecular complexity index is 178. The Morgan fingerprint density at radius 2 is 2.21 bits per heavy atom. The van der Waals surface area contributed by atoms with E-state index < -0.39 is 0 Å². The van der Waals surface area contributed by atoms with E-state index in [2.05, 4.69) is 10.1 Å². The second kappa shape index (κ2) is 5.98. The zero-order chi connectivity index (χ0) is 10.4. The van der Waals surface area contributed by atoms with E-state index in [1.807, 2.05) is 6.92 Å². The minimum Gasteiger partial charge on any atom is -0.469 e. The Kier molecular flexibility index (Phi) is 4.90. The monoisotopic (exact) mass is 201 g/mol. The normalized spacial score (nSPS) is 20.4. The maximum atomic E-state index is 11.0. The van der Waals surface area contributed by atoms with Crippen molar-refractivity contribution >= 4 is 5.97 Å². The summed E-state index contributed by atoms with van der Waals surface area (Å²) in [5, 5.41) is 3.40. The van der Waals surface area contributed by atoms with Crippen LogP contribution in [0.5, 0.6) is 0 Å². The Morgan fingerprint density at radius 3 is 2.79 bits per heavy atom. The molecule has 1 atom stereocenters. The van der Waals surface area contributed by atoms with Crippen LogP contribution in [0.25, 0.3) is 0 Å². The van der Waals surface area contributed by atoms with Crippen molar-refractivity contribution < 1.29 is 14.3 Å². The van der Waals surface area contributed by atoms with E-state index in [1.165, 1.54) is 7.11 Å². The highest BCUT2D eigenvalue weighted by Gasteiger charge is 2.17. The molecule has 0 aromatic heterocycles. The predicted octanol–water partition coefficient (Wildman–Crippen LogP) is 0.707. The number of ether oxygens (including phenoxy) is 2. The van der Waals surface area contributed by atoms with Crippen LogP contribution in [0, 0.1) is 0 Å². The van der Waals surface area contributed by atoms with Crippen LogP contribution in [0.1, 0.15) is 26.2 Å². The molecular formula is C10H19NO3. The molecule has 0 aliphatic carbocycles. The zero-order valence-corrected chi connectivity index (χ0v) is 8.91. The summed E-state index contributed by atoms with van der Waals surface area (Å²) in [7, 11) is 1.42. The minimum atomic E-state index is -0.156. The minimum absolute atomic E-state index is 0.156. The summed E-state index contributed by atoms with van der Waals surface area (Å²) in [5.74, 6) is -0.156. The molecule has 1 fully saturated rings. The molecule has 1 saturated heterocycles. The van der Waals surface area contributed by atoms with E-state index >= 15 is 0 Å². The molecule has 1 N–H and O–H groups in total. The molecule has 0 aromatic rings. The van der Waals surface area contributed by atoms with E-state index in [1.54, 1.807) is 0 Å². The molecule has 14 heavy (non-hydrogen) atoms. The summed E-state index contributed by atoms with van der Waals surface area (Å²) in [6.07, 6.45) is 2.50. The van der Waals surface area contributed by atoms with Gasteiger partial charge in [-0.15, -0.1) is 0 Å². The first kappa shape index (κ1) is 11.5. The van der Waals surface area contributed by atoms with Gasteiger partial charge in [-0.25, -0.2) is 0 Å². The van der Waals surface area contributed by atoms with Gasteiger partial charge in [0.1, 0.15) is 0 Å². The third-order valence-electron chi connectivity index (χ3n) is 2.44. The van der Waals surface area contributed by atoms with Crippen molar-refractivity contribution in [1.29, 1.82) is 0 Å². The molecule has 1 aliphatic heterocycles. The number of rotatable bonds is 4. The fourth-order valence-electron chi connectivity index (χ4n) is 1.66. The van der Waals surface area contributed by atoms with Crippen LogP contribution in [-0.4, -0.2) is 38.4 Å². The highest BCUT2D eigenvalue weighted by Crippen LogP contribution is 2.08. The lowest BCUT2D eigenvalue weighted by atomic mass is 10.1. The maximum Gasteiger partial charge on any atom is 0.307 e. The molecule has 0 bridgehead atoms. The second-order valence-electron chi connectivity index (χ2n) is 3.73. The van der Waals surface area contributed by atoms with Crippen LogP contribution in [0.15, 0.2) is 0 Å². The van der Waals surface area contributed by atoms with Gasteiger partial charge in [0.2, 0.25) is 0 Å². The van der Waals surface area contributed by atoms with E-state index in [9.17, 15) is 4.79 Å². The van der Waals surface area contributed by atoms with Crippen LogP contribution < -0.4 is 5.32 Å². The lowest BCUT2D eigenvalue weighted by Gasteiger charge is -2.26. The molecule has 4 heteroatoms. The SMILES string of the molecule is COC(=O)CC(C)NC1CCOCC1. The highest BCUT2D eigenvalue weighted by molar-refractivity contribution is 5.69. The topological polar surface area (TPSA) is 47.6 Å². The highest BCUT2D eigenvalue weighted by atomic mass is 16.5. The zero-order valence-electron chi connectivity index (χ0n) is 8.91. The van der Waals surface area contributed by atoms with Gasteiger partial charge in [-0.3, -0.25) is 4.79 Å². The molecule has 0 spiro atoms. The Balaban J connectivity index is 2.18. The largest absolute Gasteiger partial charge is 0.469 e. The first-order chi connectivity index (χ1) is 6.72. The van der Waals surface area contributed by atoms with Crippen LogP contribution in [0.4, 0.5) is 0 Å². The molecule has 0 radical (unpaired) electrons. The van der Waals surface area contributed by atoms with Gasteiger partial charge in [0.05, 0.1) is 13.5 Å². The fraction of sp³-hybridized carbons (Fsp3) is 0.900. The quantitative estimate of drug-likeness (QED) is 0.680. The number of carbonyl (C=O) groups excluding carboxylic acids is 1. The summed E-state index contributed by atoms with van der Waals surface area (Å²) >= 11 is 0. The van der Waals surface area contributed by atoms with E-state index in [-0.39, 0.29) is 12.0 Å². The van der Waals surface area contributed by atoms with Gasteiger partial charge in [-0.1, -0.05) is 0 Å². The number of carbonyl (C=O) groups is 1. The van der Waals surface area contributed by atoms with Crippen molar-refractivity contribution in [1.82, 2.24) is 5.32 Å². The lowest BCUT2D eigenvalue weighted by Crippen LogP contribution is -2.41. The molecule has 0 aromatic carbocycles. The Hall–Kier alpha value is -0.610. The molecule has 0 saturated carbocycles. The molecule has 1 heterocycles. The van der Waals surface area contributed by atoms with Gasteiger partial charge in [0.25, 0.3) is 0 Å². The van der Waals surface area contributed by atoms with Crippen molar-refractivity contribution in [3.8, 4) is 0 Å². The van der Waals surface area contributed by atoms with Gasteiger partial charge in [-0.05, 0) is 19.8 Å². The summed E-state index contributed by atoms with van der Waals surface area (Å²) in [6, 6.07) is 0.675. The predicted molar refractivity (Wildman–Crippen MR) is 53.1 cm³/mol. The van der Waals surface area contributed by atoms with Crippen molar-refractivity contribution in [3.63, 3.8) is 0 Å². The third-order valence-corrected chi connectivity index (χ3v) is 2.44. The molecule has 82 valence electrons. The van der Waals surface area contributed by atoms with Crippen molar-refractivity contribution in [2.45, 2.75) is 38.3 Å². The Labute approximate surface area is 85.0 Å². The number of hydrogen-bond acceptors (Lipinski definition) is 4. The van der Waals surface area contributed by atoms with Gasteiger partial charge in [0.15, 0.2) is 0 Å². The number of methoxy groups -OCH3 is 1. The molecule has 1 unspecified atom stereocenters. The number of nitrogens with one attached hydrogen (secondary N) is 1. The number of esters is 1. The van der Waals surface area contributed by atoms with Gasteiger partial charge in [-0.2, -0.15) is 0 Å². The van der Waals surface area contributed by atoms with Crippen molar-refractivity contribution in [3.05, 3.63) is 0 Å². The summed E-state index contributed by atoms with van der Waals surface area (Å²) < 4.78 is 9.86. The van der Waals surface area contributed by atoms with Crippen LogP contribution in [0.3, 0.4) is 0 Å². The smallest absolute Gasteiger partial charge is 0.307 e. The van der Waals surface area contributed by atoms with Crippen LogP contribution >= 0.6 is 0 Å². The van der Waals surface area contributed by atoms with Crippen molar-refractivity contribution in [2.24, 2.45) is 0 Å². The standard InChI is InChI=1S/C10H19NO3/c1-8(7-10(12)13-2)11-9-3-5-14-6-4-9/h8-9,11H,3-7H2,1-2H3. The lowest BCUT2D eigenvalue weighted by molar-refractivity contribution is -0.141. The molecule has 4 nitrogen and oxygen atoms in total. The van der Waals surface area contributed by atoms with Gasteiger partial charge in [0, 0.05) is 25.3 Å². The van der Waals surface area contributed by atoms with Gasteiger partial charge < -0.3 is 14.8 Å². The first-order valence-electron chi connectivity index (χ1n) is 5.13. The van der Waals surface area contributed by atoms with Crippen LogP contribution in [0.2, 0.25) is 0 Å². The average molecular weight is 201 g/mol. The average Bonchev–Trinajstić information content (AvgIpc) is 2.19. The molecule has 0 amide bonds. The van der Waals surface area contributed by atoms with Crippen LogP contribution in [-0.2, 0) is 14.3 Å². The van der Waals surface area contributed by atoms with E-state index in [4.69, 9.17) is 4.74 Å². The second-order valence-corrected chi connectivity index (χ2v) is 3.73. The van der Waals surface area contributed by atoms with E-state index in [0.717, 1.165) is 26.1 Å². The summed E-state index contributed by atoms with van der Waals surface area (Å²) in [6.45, 7) is 3.65. The summed E-state index contributed by atoms with van der Waals surface area (Å²) in [5.41, 5.74) is 0. The van der Waals surface area contributed by atoms with Crippen molar-refractivity contribution in [2.75, 3.05) is 20.3 Å². The van der Waals surface area contributed by atoms with E-state index in [0.29, 0.717) is 12.5 Å². The Morgan fingerprint density at radius 1 is 1.57 bits per heavy atom. The fourth-order valence-corrected chi connectivity index (χ4v) is 1.66. The number of hydrogen-bond donors (Lipinski definition) is 1. The summed E-state index contributed by atoms with van der Waals surface area (Å²) in [4.78, 5) is 11.0. The third kappa shape index (κ3) is 4.07. The molecule has 1 rings (SSSR count). The van der Waals surface area contributed by atoms with Gasteiger partial charge >= 0.3 is 5.97 Å². The maximum absolute atomic E-state index is 11.0. The molecular weight excluding hydrogens is 182 g/mol. The molecule has 1 aliphatic rings.